The maximum absolute atomic E-state index is 6.15. The molecule has 0 unspecified atom stereocenters. The molecule has 0 aliphatic carbocycles. The zero-order valence-corrected chi connectivity index (χ0v) is 14.7. The van der Waals surface area contributed by atoms with Gasteiger partial charge in [0.15, 0.2) is 11.8 Å². The molecule has 0 spiro atoms. The number of aromatic nitrogens is 6. The second-order valence-corrected chi connectivity index (χ2v) is 6.02. The first kappa shape index (κ1) is 16.9. The summed E-state index contributed by atoms with van der Waals surface area (Å²) in [6.45, 7) is 3.47. The van der Waals surface area contributed by atoms with Crippen LogP contribution >= 0.6 is 0 Å². The summed E-state index contributed by atoms with van der Waals surface area (Å²) in [5, 5.41) is 7.06. The van der Waals surface area contributed by atoms with Crippen LogP contribution in [0.3, 0.4) is 0 Å². The molecule has 138 valence electrons. The summed E-state index contributed by atoms with van der Waals surface area (Å²) in [7, 11) is 0. The molecule has 1 fully saturated rings. The first-order valence-electron chi connectivity index (χ1n) is 8.69. The van der Waals surface area contributed by atoms with Crippen LogP contribution in [-0.2, 0) is 6.54 Å². The third-order valence-electron chi connectivity index (χ3n) is 4.26. The Morgan fingerprint density at radius 1 is 1.04 bits per heavy atom. The first-order chi connectivity index (χ1) is 13.3. The molecule has 4 heterocycles. The second kappa shape index (κ2) is 7.77. The van der Waals surface area contributed by atoms with Gasteiger partial charge in [-0.2, -0.15) is 5.10 Å². The molecule has 0 bridgehead atoms. The number of aromatic amines is 1. The minimum Gasteiger partial charge on any atom is -0.370 e. The lowest BCUT2D eigenvalue weighted by Crippen LogP contribution is -2.51. The molecule has 1 saturated heterocycles. The van der Waals surface area contributed by atoms with E-state index in [1.165, 1.54) is 0 Å². The minimum absolute atomic E-state index is 0.341. The maximum Gasteiger partial charge on any atom is 0.225 e. The van der Waals surface area contributed by atoms with E-state index in [0.29, 0.717) is 24.2 Å². The van der Waals surface area contributed by atoms with E-state index in [1.807, 2.05) is 24.3 Å². The van der Waals surface area contributed by atoms with Gasteiger partial charge in [0.2, 0.25) is 5.95 Å². The number of rotatable bonds is 4. The zero-order valence-electron chi connectivity index (χ0n) is 14.7. The van der Waals surface area contributed by atoms with E-state index in [2.05, 4.69) is 44.9 Å². The van der Waals surface area contributed by atoms with E-state index >= 15 is 0 Å². The molecule has 0 radical (unpaired) electrons. The van der Waals surface area contributed by atoms with Crippen LogP contribution in [-0.4, -0.2) is 67.2 Å². The number of piperazine rings is 1. The van der Waals surface area contributed by atoms with Gasteiger partial charge < -0.3 is 15.5 Å². The summed E-state index contributed by atoms with van der Waals surface area (Å²) in [6, 6.07) is 7.42. The van der Waals surface area contributed by atoms with Gasteiger partial charge in [0.1, 0.15) is 18.1 Å². The quantitative estimate of drug-likeness (QED) is 0.500. The Balaban J connectivity index is 1.33. The molecular formula is C17H20N10. The lowest BCUT2D eigenvalue weighted by molar-refractivity contribution is 0.378. The van der Waals surface area contributed by atoms with Crippen molar-refractivity contribution in [2.75, 3.05) is 31.1 Å². The lowest BCUT2D eigenvalue weighted by Gasteiger charge is -2.35. The van der Waals surface area contributed by atoms with Gasteiger partial charge in [-0.3, -0.25) is 10.1 Å². The van der Waals surface area contributed by atoms with E-state index in [0.717, 1.165) is 37.8 Å². The van der Waals surface area contributed by atoms with Crippen molar-refractivity contribution in [2.45, 2.75) is 6.54 Å². The molecule has 3 aromatic rings. The summed E-state index contributed by atoms with van der Waals surface area (Å²) < 4.78 is 0. The number of anilines is 1. The first-order valence-corrected chi connectivity index (χ1v) is 8.69. The van der Waals surface area contributed by atoms with Gasteiger partial charge in [-0.15, -0.1) is 0 Å². The summed E-state index contributed by atoms with van der Waals surface area (Å²) in [4.78, 5) is 25.8. The van der Waals surface area contributed by atoms with Crippen molar-refractivity contribution in [3.63, 3.8) is 0 Å². The molecule has 1 aliphatic heterocycles. The number of nitrogens with zero attached hydrogens (tertiary/aromatic N) is 8. The van der Waals surface area contributed by atoms with Crippen molar-refractivity contribution in [1.82, 2.24) is 35.0 Å². The average Bonchev–Trinajstić information content (AvgIpc) is 3.22. The van der Waals surface area contributed by atoms with E-state index in [-0.39, 0.29) is 0 Å². The average molecular weight is 364 g/mol. The van der Waals surface area contributed by atoms with Crippen molar-refractivity contribution >= 4 is 11.9 Å². The van der Waals surface area contributed by atoms with Crippen LogP contribution in [0, 0.1) is 0 Å². The van der Waals surface area contributed by atoms with E-state index < -0.39 is 0 Å². The highest BCUT2D eigenvalue weighted by Gasteiger charge is 2.20. The number of H-pyrrole nitrogens is 1. The lowest BCUT2D eigenvalue weighted by atomic mass is 10.3. The van der Waals surface area contributed by atoms with Crippen LogP contribution < -0.4 is 10.6 Å². The van der Waals surface area contributed by atoms with Gasteiger partial charge in [-0.1, -0.05) is 6.07 Å². The Kier molecular flexibility index (Phi) is 4.86. The van der Waals surface area contributed by atoms with Gasteiger partial charge in [-0.25, -0.2) is 19.9 Å². The van der Waals surface area contributed by atoms with Crippen LogP contribution in [0.4, 0.5) is 5.95 Å². The van der Waals surface area contributed by atoms with E-state index in [9.17, 15) is 0 Å². The van der Waals surface area contributed by atoms with Crippen LogP contribution in [0.5, 0.6) is 0 Å². The summed E-state index contributed by atoms with van der Waals surface area (Å²) in [6.07, 6.45) is 5.21. The van der Waals surface area contributed by atoms with Crippen LogP contribution in [0.1, 0.15) is 5.82 Å². The molecule has 0 amide bonds. The fourth-order valence-corrected chi connectivity index (χ4v) is 2.82. The number of hydrogen-bond acceptors (Lipinski definition) is 7. The fraction of sp³-hybridized carbons (Fsp3) is 0.294. The summed E-state index contributed by atoms with van der Waals surface area (Å²) in [5.74, 6) is 2.45. The Morgan fingerprint density at radius 3 is 2.56 bits per heavy atom. The van der Waals surface area contributed by atoms with Crippen molar-refractivity contribution in [1.29, 1.82) is 0 Å². The number of nitrogens with two attached hydrogens (primary N) is 1. The molecule has 10 nitrogen and oxygen atoms in total. The molecule has 3 aromatic heterocycles. The number of nitrogens with one attached hydrogen (secondary N) is 1. The highest BCUT2D eigenvalue weighted by atomic mass is 15.4. The third kappa shape index (κ3) is 4.00. The van der Waals surface area contributed by atoms with Gasteiger partial charge >= 0.3 is 0 Å². The predicted molar refractivity (Wildman–Crippen MR) is 101 cm³/mol. The van der Waals surface area contributed by atoms with Crippen molar-refractivity contribution in [2.24, 2.45) is 10.7 Å². The zero-order chi connectivity index (χ0) is 18.5. The van der Waals surface area contributed by atoms with E-state index in [4.69, 9.17) is 5.73 Å². The molecule has 0 aromatic carbocycles. The molecule has 10 heteroatoms. The molecule has 27 heavy (non-hydrogen) atoms. The van der Waals surface area contributed by atoms with Gasteiger partial charge in [-0.05, 0) is 18.2 Å². The normalized spacial score (nSPS) is 15.2. The number of pyridine rings is 1. The van der Waals surface area contributed by atoms with E-state index in [1.54, 1.807) is 18.6 Å². The number of aliphatic imine (C=N–C) groups is 1. The molecule has 3 N–H and O–H groups in total. The Morgan fingerprint density at radius 2 is 1.81 bits per heavy atom. The standard InChI is InChI=1S/C17H20N10/c18-16(26-8-10-27(11-9-26)17-20-6-3-7-21-17)22-12-14-23-15(25-24-14)13-4-1-2-5-19-13/h1-7H,8-12H2,(H2,18,22)(H,23,24,25). The summed E-state index contributed by atoms with van der Waals surface area (Å²) >= 11 is 0. The molecule has 4 rings (SSSR count). The van der Waals surface area contributed by atoms with Crippen molar-refractivity contribution in [3.05, 3.63) is 48.7 Å². The van der Waals surface area contributed by atoms with Crippen LogP contribution in [0.2, 0.25) is 0 Å². The van der Waals surface area contributed by atoms with Gasteiger partial charge in [0.05, 0.1) is 0 Å². The molecule has 0 saturated carbocycles. The minimum atomic E-state index is 0.341. The monoisotopic (exact) mass is 364 g/mol. The highest BCUT2D eigenvalue weighted by Crippen LogP contribution is 2.11. The van der Waals surface area contributed by atoms with Gasteiger partial charge in [0, 0.05) is 44.8 Å². The number of guanidine groups is 1. The third-order valence-corrected chi connectivity index (χ3v) is 4.26. The topological polar surface area (TPSA) is 125 Å². The van der Waals surface area contributed by atoms with Crippen LogP contribution in [0.15, 0.2) is 47.8 Å². The molecule has 0 atom stereocenters. The molecular weight excluding hydrogens is 344 g/mol. The van der Waals surface area contributed by atoms with Crippen molar-refractivity contribution in [3.8, 4) is 11.5 Å². The Labute approximate surface area is 156 Å². The SMILES string of the molecule is NC(=NCc1nc(-c2ccccn2)n[nH]1)N1CCN(c2ncccn2)CC1. The Hall–Kier alpha value is -3.56. The molecule has 1 aliphatic rings. The fourth-order valence-electron chi connectivity index (χ4n) is 2.82. The second-order valence-electron chi connectivity index (χ2n) is 6.02. The van der Waals surface area contributed by atoms with Crippen LogP contribution in [0.25, 0.3) is 11.5 Å². The van der Waals surface area contributed by atoms with Crippen molar-refractivity contribution < 1.29 is 0 Å². The predicted octanol–water partition coefficient (Wildman–Crippen LogP) is 0.294. The Bertz CT molecular complexity index is 884. The smallest absolute Gasteiger partial charge is 0.225 e. The summed E-state index contributed by atoms with van der Waals surface area (Å²) in [5.41, 5.74) is 6.87. The largest absolute Gasteiger partial charge is 0.370 e. The highest BCUT2D eigenvalue weighted by molar-refractivity contribution is 5.78. The maximum atomic E-state index is 6.15. The number of hydrogen-bond donors (Lipinski definition) is 2. The van der Waals surface area contributed by atoms with Gasteiger partial charge in [0.25, 0.3) is 0 Å².